The highest BCUT2D eigenvalue weighted by atomic mass is 19.4. The number of ether oxygens (including phenoxy) is 1. The summed E-state index contributed by atoms with van der Waals surface area (Å²) in [5.41, 5.74) is 6.59. The van der Waals surface area contributed by atoms with E-state index in [2.05, 4.69) is 25.3 Å². The van der Waals surface area contributed by atoms with Crippen molar-refractivity contribution in [1.29, 1.82) is 0 Å². The van der Waals surface area contributed by atoms with Crippen LogP contribution in [0.4, 0.5) is 24.8 Å². The van der Waals surface area contributed by atoms with Crippen molar-refractivity contribution in [2.75, 3.05) is 30.8 Å². The van der Waals surface area contributed by atoms with Crippen molar-refractivity contribution in [3.05, 3.63) is 30.2 Å². The first-order valence-corrected chi connectivity index (χ1v) is 8.90. The van der Waals surface area contributed by atoms with Crippen molar-refractivity contribution in [2.24, 2.45) is 5.92 Å². The van der Waals surface area contributed by atoms with E-state index >= 15 is 0 Å². The van der Waals surface area contributed by atoms with Crippen molar-refractivity contribution in [1.82, 2.24) is 19.9 Å². The lowest BCUT2D eigenvalue weighted by molar-refractivity contribution is -0.137. The van der Waals surface area contributed by atoms with Gasteiger partial charge in [0, 0.05) is 43.1 Å². The quantitative estimate of drug-likeness (QED) is 0.629. The second kappa shape index (κ2) is 7.27. The molecule has 0 spiro atoms. The maximum atomic E-state index is 13.1. The van der Waals surface area contributed by atoms with Gasteiger partial charge in [-0.25, -0.2) is 15.0 Å². The van der Waals surface area contributed by atoms with Gasteiger partial charge in [0.05, 0.1) is 17.4 Å². The summed E-state index contributed by atoms with van der Waals surface area (Å²) in [7, 11) is 0. The molecule has 148 valence electrons. The van der Waals surface area contributed by atoms with Crippen molar-refractivity contribution >= 4 is 22.7 Å². The van der Waals surface area contributed by atoms with Gasteiger partial charge in [-0.1, -0.05) is 0 Å². The number of H-pyrrole nitrogens is 1. The Kier molecular flexibility index (Phi) is 4.80. The summed E-state index contributed by atoms with van der Waals surface area (Å²) >= 11 is 0. The van der Waals surface area contributed by atoms with Gasteiger partial charge in [0.1, 0.15) is 11.3 Å². The number of rotatable bonds is 4. The Hall–Kier alpha value is -2.88. The van der Waals surface area contributed by atoms with Crippen LogP contribution in [0.1, 0.15) is 18.4 Å². The van der Waals surface area contributed by atoms with E-state index in [4.69, 9.17) is 10.5 Å². The van der Waals surface area contributed by atoms with Gasteiger partial charge >= 0.3 is 6.18 Å². The lowest BCUT2D eigenvalue weighted by Crippen LogP contribution is -2.23. The third-order valence-corrected chi connectivity index (χ3v) is 4.82. The zero-order valence-electron chi connectivity index (χ0n) is 14.9. The Morgan fingerprint density at radius 1 is 1.21 bits per heavy atom. The fourth-order valence-corrected chi connectivity index (χ4v) is 3.23. The third kappa shape index (κ3) is 3.72. The van der Waals surface area contributed by atoms with Crippen LogP contribution < -0.4 is 11.1 Å². The molecule has 10 heteroatoms. The minimum absolute atomic E-state index is 0.273. The molecule has 0 saturated carbocycles. The summed E-state index contributed by atoms with van der Waals surface area (Å²) in [6, 6.07) is 1.05. The molecule has 1 aliphatic heterocycles. The number of anilines is 2. The maximum absolute atomic E-state index is 13.1. The molecule has 7 nitrogen and oxygen atoms in total. The number of aromatic amines is 1. The number of aromatic nitrogens is 4. The molecule has 0 aliphatic carbocycles. The molecule has 1 aliphatic rings. The van der Waals surface area contributed by atoms with Crippen LogP contribution in [0.15, 0.2) is 24.7 Å². The highest BCUT2D eigenvalue weighted by Gasteiger charge is 2.31. The van der Waals surface area contributed by atoms with E-state index < -0.39 is 11.7 Å². The van der Waals surface area contributed by atoms with Crippen LogP contribution in [0.3, 0.4) is 0 Å². The van der Waals surface area contributed by atoms with Crippen molar-refractivity contribution in [3.8, 4) is 11.3 Å². The SMILES string of the molecule is Nc1cnc(NCC2CCOCC2)nc1-c1c[nH]c2ncc(C(F)(F)F)cc12. The lowest BCUT2D eigenvalue weighted by Gasteiger charge is -2.22. The Bertz CT molecular complexity index is 981. The third-order valence-electron chi connectivity index (χ3n) is 4.82. The second-order valence-corrected chi connectivity index (χ2v) is 6.75. The van der Waals surface area contributed by atoms with Crippen LogP contribution in [0.5, 0.6) is 0 Å². The molecule has 0 amide bonds. The first-order chi connectivity index (χ1) is 13.4. The number of alkyl halides is 3. The fourth-order valence-electron chi connectivity index (χ4n) is 3.23. The highest BCUT2D eigenvalue weighted by molar-refractivity contribution is 5.95. The summed E-state index contributed by atoms with van der Waals surface area (Å²) in [5.74, 6) is 0.843. The first-order valence-electron chi connectivity index (χ1n) is 8.90. The van der Waals surface area contributed by atoms with E-state index in [1.165, 1.54) is 6.20 Å². The second-order valence-electron chi connectivity index (χ2n) is 6.75. The molecule has 0 aromatic carbocycles. The Morgan fingerprint density at radius 3 is 2.75 bits per heavy atom. The molecule has 3 aromatic rings. The normalized spacial score (nSPS) is 15.8. The molecule has 4 rings (SSSR count). The number of fused-ring (bicyclic) bond motifs is 1. The van der Waals surface area contributed by atoms with E-state index in [1.54, 1.807) is 6.20 Å². The van der Waals surface area contributed by atoms with Gasteiger partial charge in [-0.3, -0.25) is 0 Å². The van der Waals surface area contributed by atoms with E-state index in [0.717, 1.165) is 38.3 Å². The van der Waals surface area contributed by atoms with Crippen LogP contribution in [0, 0.1) is 5.92 Å². The number of hydrogen-bond acceptors (Lipinski definition) is 6. The molecule has 0 atom stereocenters. The molecule has 4 N–H and O–H groups in total. The number of nitrogens with one attached hydrogen (secondary N) is 2. The predicted molar refractivity (Wildman–Crippen MR) is 98.6 cm³/mol. The minimum atomic E-state index is -4.48. The fraction of sp³-hybridized carbons (Fsp3) is 0.389. The number of nitrogen functional groups attached to an aromatic ring is 1. The molecule has 0 bridgehead atoms. The highest BCUT2D eigenvalue weighted by Crippen LogP contribution is 2.35. The Labute approximate surface area is 158 Å². The summed E-state index contributed by atoms with van der Waals surface area (Å²) < 4.78 is 44.5. The largest absolute Gasteiger partial charge is 0.417 e. The van der Waals surface area contributed by atoms with Crippen molar-refractivity contribution in [2.45, 2.75) is 19.0 Å². The number of halogens is 3. The Morgan fingerprint density at radius 2 is 2.00 bits per heavy atom. The van der Waals surface area contributed by atoms with Gasteiger partial charge in [0.2, 0.25) is 5.95 Å². The molecule has 1 saturated heterocycles. The number of nitrogens with zero attached hydrogens (tertiary/aromatic N) is 3. The topological polar surface area (TPSA) is 102 Å². The van der Waals surface area contributed by atoms with E-state index in [0.29, 0.717) is 40.7 Å². The van der Waals surface area contributed by atoms with Crippen LogP contribution in [-0.4, -0.2) is 39.7 Å². The summed E-state index contributed by atoms with van der Waals surface area (Å²) in [4.78, 5) is 15.3. The van der Waals surface area contributed by atoms with Gasteiger partial charge in [-0.2, -0.15) is 13.2 Å². The summed E-state index contributed by atoms with van der Waals surface area (Å²) in [6.07, 6.45) is 1.25. The monoisotopic (exact) mass is 392 g/mol. The van der Waals surface area contributed by atoms with Crippen molar-refractivity contribution < 1.29 is 17.9 Å². The molecule has 0 unspecified atom stereocenters. The first kappa shape index (κ1) is 18.5. The molecular formula is C18H19F3N6O. The van der Waals surface area contributed by atoms with Crippen LogP contribution in [-0.2, 0) is 10.9 Å². The van der Waals surface area contributed by atoms with Gasteiger partial charge in [-0.15, -0.1) is 0 Å². The number of pyridine rings is 1. The number of hydrogen-bond donors (Lipinski definition) is 3. The van der Waals surface area contributed by atoms with Gasteiger partial charge in [0.15, 0.2) is 0 Å². The number of nitrogens with two attached hydrogens (primary N) is 1. The van der Waals surface area contributed by atoms with E-state index in [-0.39, 0.29) is 5.69 Å². The van der Waals surface area contributed by atoms with Crippen LogP contribution >= 0.6 is 0 Å². The summed E-state index contributed by atoms with van der Waals surface area (Å²) in [5, 5.41) is 3.49. The van der Waals surface area contributed by atoms with Crippen LogP contribution in [0.25, 0.3) is 22.3 Å². The molecular weight excluding hydrogens is 373 g/mol. The molecule has 3 aromatic heterocycles. The van der Waals surface area contributed by atoms with Gasteiger partial charge in [-0.05, 0) is 24.8 Å². The average molecular weight is 392 g/mol. The van der Waals surface area contributed by atoms with E-state index in [9.17, 15) is 13.2 Å². The van der Waals surface area contributed by atoms with Crippen LogP contribution in [0.2, 0.25) is 0 Å². The standard InChI is InChI=1S/C18H19F3N6O/c19-18(20,21)11-5-12-13(8-24-16(12)23-7-11)15-14(22)9-26-17(27-15)25-6-10-1-3-28-4-2-10/h5,7-10H,1-4,6,22H2,(H,23,24)(H,25,26,27). The molecule has 1 fully saturated rings. The van der Waals surface area contributed by atoms with E-state index in [1.807, 2.05) is 0 Å². The predicted octanol–water partition coefficient (Wildman–Crippen LogP) is 3.46. The van der Waals surface area contributed by atoms with Crippen molar-refractivity contribution in [3.63, 3.8) is 0 Å². The minimum Gasteiger partial charge on any atom is -0.396 e. The molecule has 4 heterocycles. The molecule has 0 radical (unpaired) electrons. The van der Waals surface area contributed by atoms with Gasteiger partial charge in [0.25, 0.3) is 0 Å². The Balaban J connectivity index is 1.64. The zero-order chi connectivity index (χ0) is 19.7. The lowest BCUT2D eigenvalue weighted by atomic mass is 10.0. The molecule has 28 heavy (non-hydrogen) atoms. The van der Waals surface area contributed by atoms with Gasteiger partial charge < -0.3 is 20.8 Å². The maximum Gasteiger partial charge on any atom is 0.417 e. The summed E-state index contributed by atoms with van der Waals surface area (Å²) in [6.45, 7) is 2.18. The smallest absolute Gasteiger partial charge is 0.396 e. The average Bonchev–Trinajstić information content (AvgIpc) is 3.10. The zero-order valence-corrected chi connectivity index (χ0v) is 14.9.